The normalized spacial score (nSPS) is 11.1. The van der Waals surface area contributed by atoms with Gasteiger partial charge in [0.25, 0.3) is 0 Å². The zero-order valence-electron chi connectivity index (χ0n) is 8.92. The molecule has 0 saturated heterocycles. The summed E-state index contributed by atoms with van der Waals surface area (Å²) in [5.74, 6) is 0.720. The second-order valence-electron chi connectivity index (χ2n) is 3.36. The highest BCUT2D eigenvalue weighted by Crippen LogP contribution is 2.19. The predicted molar refractivity (Wildman–Crippen MR) is 67.9 cm³/mol. The summed E-state index contributed by atoms with van der Waals surface area (Å²) in [6.07, 6.45) is 0. The standard InChI is InChI=1S/C9H13ClIN3O/c1-14(2)4-7-12-6(5-15-3)8(11)9(10)13-7/h4-5H2,1-3H3. The molecule has 15 heavy (non-hydrogen) atoms. The molecule has 0 N–H and O–H groups in total. The quantitative estimate of drug-likeness (QED) is 0.620. The minimum absolute atomic E-state index is 0.459. The molecule has 0 aromatic carbocycles. The van der Waals surface area contributed by atoms with Gasteiger partial charge in [0.1, 0.15) is 11.0 Å². The van der Waals surface area contributed by atoms with E-state index in [-0.39, 0.29) is 0 Å². The van der Waals surface area contributed by atoms with Gasteiger partial charge in [0.05, 0.1) is 22.4 Å². The summed E-state index contributed by atoms with van der Waals surface area (Å²) in [6, 6.07) is 0. The number of aromatic nitrogens is 2. The lowest BCUT2D eigenvalue weighted by atomic mass is 10.4. The van der Waals surface area contributed by atoms with Gasteiger partial charge in [-0.25, -0.2) is 9.97 Å². The molecule has 6 heteroatoms. The van der Waals surface area contributed by atoms with Crippen molar-refractivity contribution in [2.45, 2.75) is 13.2 Å². The molecular formula is C9H13ClIN3O. The van der Waals surface area contributed by atoms with Gasteiger partial charge >= 0.3 is 0 Å². The van der Waals surface area contributed by atoms with Gasteiger partial charge in [-0.05, 0) is 36.7 Å². The average molecular weight is 342 g/mol. The fourth-order valence-electron chi connectivity index (χ4n) is 1.10. The number of rotatable bonds is 4. The van der Waals surface area contributed by atoms with E-state index < -0.39 is 0 Å². The first-order valence-corrected chi connectivity index (χ1v) is 5.84. The van der Waals surface area contributed by atoms with Crippen molar-refractivity contribution in [3.8, 4) is 0 Å². The smallest absolute Gasteiger partial charge is 0.146 e. The summed E-state index contributed by atoms with van der Waals surface area (Å²) in [5, 5.41) is 0.495. The van der Waals surface area contributed by atoms with Crippen LogP contribution in [0.25, 0.3) is 0 Å². The lowest BCUT2D eigenvalue weighted by Crippen LogP contribution is -2.15. The Morgan fingerprint density at radius 2 is 2.07 bits per heavy atom. The highest BCUT2D eigenvalue weighted by atomic mass is 127. The van der Waals surface area contributed by atoms with Gasteiger partial charge in [0, 0.05) is 7.11 Å². The average Bonchev–Trinajstić information content (AvgIpc) is 2.12. The topological polar surface area (TPSA) is 38.2 Å². The highest BCUT2D eigenvalue weighted by molar-refractivity contribution is 14.1. The van der Waals surface area contributed by atoms with Crippen LogP contribution in [-0.4, -0.2) is 36.1 Å². The van der Waals surface area contributed by atoms with Gasteiger partial charge in [-0.3, -0.25) is 0 Å². The second-order valence-corrected chi connectivity index (χ2v) is 4.80. The van der Waals surface area contributed by atoms with E-state index in [4.69, 9.17) is 16.3 Å². The van der Waals surface area contributed by atoms with E-state index in [9.17, 15) is 0 Å². The molecule has 0 saturated carbocycles. The number of nitrogens with zero attached hydrogens (tertiary/aromatic N) is 3. The van der Waals surface area contributed by atoms with E-state index in [1.807, 2.05) is 19.0 Å². The monoisotopic (exact) mass is 341 g/mol. The lowest BCUT2D eigenvalue weighted by molar-refractivity contribution is 0.180. The third kappa shape index (κ3) is 3.82. The van der Waals surface area contributed by atoms with Crippen LogP contribution < -0.4 is 0 Å². The molecule has 1 aromatic rings. The summed E-state index contributed by atoms with van der Waals surface area (Å²) >= 11 is 8.13. The molecule has 0 aliphatic carbocycles. The number of ether oxygens (including phenoxy) is 1. The SMILES string of the molecule is COCc1nc(CN(C)C)nc(Cl)c1I. The molecule has 0 atom stereocenters. The molecule has 4 nitrogen and oxygen atoms in total. The summed E-state index contributed by atoms with van der Waals surface area (Å²) in [5.41, 5.74) is 0.843. The largest absolute Gasteiger partial charge is 0.378 e. The van der Waals surface area contributed by atoms with E-state index in [1.165, 1.54) is 0 Å². The molecule has 1 aromatic heterocycles. The van der Waals surface area contributed by atoms with Crippen molar-refractivity contribution in [1.82, 2.24) is 14.9 Å². The van der Waals surface area contributed by atoms with Gasteiger partial charge < -0.3 is 9.64 Å². The molecule has 0 radical (unpaired) electrons. The maximum Gasteiger partial charge on any atom is 0.146 e. The third-order valence-electron chi connectivity index (χ3n) is 1.66. The van der Waals surface area contributed by atoms with Crippen LogP contribution in [0.4, 0.5) is 0 Å². The Labute approximate surface area is 108 Å². The number of hydrogen-bond acceptors (Lipinski definition) is 4. The van der Waals surface area contributed by atoms with Gasteiger partial charge in [-0.15, -0.1) is 0 Å². The van der Waals surface area contributed by atoms with E-state index in [0.717, 1.165) is 15.1 Å². The Morgan fingerprint density at radius 3 is 2.60 bits per heavy atom. The summed E-state index contributed by atoms with van der Waals surface area (Å²) in [7, 11) is 5.56. The van der Waals surface area contributed by atoms with Crippen LogP contribution >= 0.6 is 34.2 Å². The molecule has 1 rings (SSSR count). The molecule has 1 heterocycles. The fraction of sp³-hybridized carbons (Fsp3) is 0.556. The van der Waals surface area contributed by atoms with Gasteiger partial charge in [0.15, 0.2) is 0 Å². The van der Waals surface area contributed by atoms with E-state index in [0.29, 0.717) is 18.3 Å². The second kappa shape index (κ2) is 5.93. The Morgan fingerprint density at radius 1 is 1.40 bits per heavy atom. The van der Waals surface area contributed by atoms with Crippen molar-refractivity contribution in [1.29, 1.82) is 0 Å². The van der Waals surface area contributed by atoms with E-state index in [2.05, 4.69) is 32.6 Å². The summed E-state index contributed by atoms with van der Waals surface area (Å²) in [4.78, 5) is 10.6. The summed E-state index contributed by atoms with van der Waals surface area (Å²) in [6.45, 7) is 1.13. The van der Waals surface area contributed by atoms with Crippen LogP contribution in [-0.2, 0) is 17.9 Å². The molecular weight excluding hydrogens is 328 g/mol. The molecule has 0 bridgehead atoms. The van der Waals surface area contributed by atoms with Crippen molar-refractivity contribution < 1.29 is 4.74 Å². The van der Waals surface area contributed by atoms with Crippen molar-refractivity contribution in [2.75, 3.05) is 21.2 Å². The van der Waals surface area contributed by atoms with E-state index >= 15 is 0 Å². The van der Waals surface area contributed by atoms with Crippen LogP contribution in [0.5, 0.6) is 0 Å². The lowest BCUT2D eigenvalue weighted by Gasteiger charge is -2.11. The van der Waals surface area contributed by atoms with Crippen molar-refractivity contribution in [2.24, 2.45) is 0 Å². The Balaban J connectivity index is 3.00. The van der Waals surface area contributed by atoms with Crippen LogP contribution in [0.15, 0.2) is 0 Å². The Bertz CT molecular complexity index is 346. The minimum Gasteiger partial charge on any atom is -0.378 e. The number of methoxy groups -OCH3 is 1. The maximum absolute atomic E-state index is 6.01. The van der Waals surface area contributed by atoms with Crippen molar-refractivity contribution >= 4 is 34.2 Å². The third-order valence-corrected chi connectivity index (χ3v) is 3.39. The van der Waals surface area contributed by atoms with Crippen molar-refractivity contribution in [3.63, 3.8) is 0 Å². The first-order valence-electron chi connectivity index (χ1n) is 4.39. The molecule has 0 amide bonds. The van der Waals surface area contributed by atoms with E-state index in [1.54, 1.807) is 7.11 Å². The Hall–Kier alpha value is 0.0200. The van der Waals surface area contributed by atoms with Crippen LogP contribution in [0, 0.1) is 3.57 Å². The molecule has 0 fully saturated rings. The maximum atomic E-state index is 6.01. The molecule has 84 valence electrons. The molecule has 0 aliphatic rings. The summed E-state index contributed by atoms with van der Waals surface area (Å²) < 4.78 is 5.92. The first kappa shape index (κ1) is 13.1. The van der Waals surface area contributed by atoms with Crippen LogP contribution in [0.3, 0.4) is 0 Å². The fourth-order valence-corrected chi connectivity index (χ4v) is 1.70. The zero-order chi connectivity index (χ0) is 11.4. The first-order chi connectivity index (χ1) is 7.04. The van der Waals surface area contributed by atoms with Crippen LogP contribution in [0.1, 0.15) is 11.5 Å². The number of halogens is 2. The molecule has 0 spiro atoms. The van der Waals surface area contributed by atoms with Gasteiger partial charge in [0.2, 0.25) is 0 Å². The Kier molecular flexibility index (Phi) is 5.17. The zero-order valence-corrected chi connectivity index (χ0v) is 11.8. The van der Waals surface area contributed by atoms with Gasteiger partial charge in [-0.2, -0.15) is 0 Å². The molecule has 0 aliphatic heterocycles. The van der Waals surface area contributed by atoms with Gasteiger partial charge in [-0.1, -0.05) is 11.6 Å². The number of hydrogen-bond donors (Lipinski definition) is 0. The van der Waals surface area contributed by atoms with Crippen LogP contribution in [0.2, 0.25) is 5.15 Å². The minimum atomic E-state index is 0.459. The predicted octanol–water partition coefficient (Wildman–Crippen LogP) is 1.94. The van der Waals surface area contributed by atoms with Crippen molar-refractivity contribution in [3.05, 3.63) is 20.2 Å². The molecule has 0 unspecified atom stereocenters. The highest BCUT2D eigenvalue weighted by Gasteiger charge is 2.10.